The Bertz CT molecular complexity index is 593. The molecule has 98 valence electrons. The van der Waals surface area contributed by atoms with Gasteiger partial charge in [-0.25, -0.2) is 4.98 Å². The molecule has 1 aliphatic rings. The van der Waals surface area contributed by atoms with E-state index in [4.69, 9.17) is 0 Å². The molecule has 3 rings (SSSR count). The predicted molar refractivity (Wildman–Crippen MR) is 78.3 cm³/mol. The lowest BCUT2D eigenvalue weighted by atomic mass is 10.2. The second-order valence-electron chi connectivity index (χ2n) is 4.72. The molecule has 0 N–H and O–H groups in total. The highest BCUT2D eigenvalue weighted by Crippen LogP contribution is 2.21. The fourth-order valence-electron chi connectivity index (χ4n) is 2.32. The smallest absolute Gasteiger partial charge is 0.232 e. The van der Waals surface area contributed by atoms with Crippen LogP contribution in [0.25, 0.3) is 10.9 Å². The molecule has 19 heavy (non-hydrogen) atoms. The third kappa shape index (κ3) is 2.89. The molecule has 0 aliphatic carbocycles. The van der Waals surface area contributed by atoms with E-state index in [-0.39, 0.29) is 5.91 Å². The van der Waals surface area contributed by atoms with Gasteiger partial charge >= 0.3 is 0 Å². The van der Waals surface area contributed by atoms with Crippen molar-refractivity contribution in [1.29, 1.82) is 0 Å². The zero-order valence-corrected chi connectivity index (χ0v) is 11.5. The number of para-hydroxylation sites is 1. The lowest BCUT2D eigenvalue weighted by molar-refractivity contribution is -0.127. The molecule has 1 aliphatic heterocycles. The second-order valence-corrected chi connectivity index (χ2v) is 5.71. The van der Waals surface area contributed by atoms with Crippen LogP contribution in [0.2, 0.25) is 0 Å². The first kappa shape index (κ1) is 12.5. The molecule has 1 amide bonds. The van der Waals surface area contributed by atoms with Gasteiger partial charge in [0, 0.05) is 18.5 Å². The fraction of sp³-hybridized carbons (Fsp3) is 0.333. The van der Waals surface area contributed by atoms with Crippen molar-refractivity contribution in [2.24, 2.45) is 0 Å². The SMILES string of the molecule is O=C(CSc1ccc2ccccc2n1)N1CCCC1. The second kappa shape index (κ2) is 5.61. The first-order valence-corrected chi connectivity index (χ1v) is 7.58. The van der Waals surface area contributed by atoms with Crippen LogP contribution in [0.4, 0.5) is 0 Å². The molecule has 3 nitrogen and oxygen atoms in total. The lowest BCUT2D eigenvalue weighted by Crippen LogP contribution is -2.29. The van der Waals surface area contributed by atoms with Crippen molar-refractivity contribution in [3.63, 3.8) is 0 Å². The Hall–Kier alpha value is -1.55. The Balaban J connectivity index is 1.66. The highest BCUT2D eigenvalue weighted by atomic mass is 32.2. The number of pyridine rings is 1. The summed E-state index contributed by atoms with van der Waals surface area (Å²) < 4.78 is 0. The largest absolute Gasteiger partial charge is 0.342 e. The van der Waals surface area contributed by atoms with Crippen molar-refractivity contribution < 1.29 is 4.79 Å². The molecule has 2 aromatic rings. The number of rotatable bonds is 3. The van der Waals surface area contributed by atoms with Crippen LogP contribution in [0.1, 0.15) is 12.8 Å². The monoisotopic (exact) mass is 272 g/mol. The standard InChI is InChI=1S/C15H16N2OS/c18-15(17-9-3-4-10-17)11-19-14-8-7-12-5-1-2-6-13(12)16-14/h1-2,5-8H,3-4,9-11H2. The van der Waals surface area contributed by atoms with E-state index < -0.39 is 0 Å². The molecule has 0 spiro atoms. The first-order valence-electron chi connectivity index (χ1n) is 6.59. The maximum absolute atomic E-state index is 12.0. The van der Waals surface area contributed by atoms with Gasteiger partial charge in [-0.15, -0.1) is 0 Å². The van der Waals surface area contributed by atoms with Crippen LogP contribution in [-0.2, 0) is 4.79 Å². The van der Waals surface area contributed by atoms with Crippen molar-refractivity contribution in [1.82, 2.24) is 9.88 Å². The number of thioether (sulfide) groups is 1. The number of aromatic nitrogens is 1. The van der Waals surface area contributed by atoms with Gasteiger partial charge in [-0.3, -0.25) is 4.79 Å². The average molecular weight is 272 g/mol. The Morgan fingerprint density at radius 3 is 2.79 bits per heavy atom. The van der Waals surface area contributed by atoms with Crippen molar-refractivity contribution >= 4 is 28.6 Å². The summed E-state index contributed by atoms with van der Waals surface area (Å²) in [7, 11) is 0. The molecule has 0 saturated carbocycles. The van der Waals surface area contributed by atoms with Gasteiger partial charge < -0.3 is 4.90 Å². The number of carbonyl (C=O) groups is 1. The normalized spacial score (nSPS) is 15.1. The highest BCUT2D eigenvalue weighted by Gasteiger charge is 2.17. The molecule has 0 atom stereocenters. The summed E-state index contributed by atoms with van der Waals surface area (Å²) in [5.41, 5.74) is 0.987. The topological polar surface area (TPSA) is 33.2 Å². The molecule has 1 saturated heterocycles. The third-order valence-corrected chi connectivity index (χ3v) is 4.29. The third-order valence-electron chi connectivity index (χ3n) is 3.38. The molecule has 1 fully saturated rings. The number of amides is 1. The number of nitrogens with zero attached hydrogens (tertiary/aromatic N) is 2. The lowest BCUT2D eigenvalue weighted by Gasteiger charge is -2.14. The zero-order chi connectivity index (χ0) is 13.1. The van der Waals surface area contributed by atoms with E-state index in [1.165, 1.54) is 11.8 Å². The van der Waals surface area contributed by atoms with Gasteiger partial charge in [0.2, 0.25) is 5.91 Å². The predicted octanol–water partition coefficient (Wildman–Crippen LogP) is 2.95. The molecule has 0 unspecified atom stereocenters. The average Bonchev–Trinajstić information content (AvgIpc) is 2.99. The summed E-state index contributed by atoms with van der Waals surface area (Å²) in [5.74, 6) is 0.725. The minimum absolute atomic E-state index is 0.234. The van der Waals surface area contributed by atoms with E-state index in [9.17, 15) is 4.79 Å². The van der Waals surface area contributed by atoms with Gasteiger partial charge in [0.05, 0.1) is 16.3 Å². The maximum Gasteiger partial charge on any atom is 0.232 e. The van der Waals surface area contributed by atoms with Gasteiger partial charge in [0.1, 0.15) is 0 Å². The van der Waals surface area contributed by atoms with Crippen LogP contribution in [0.3, 0.4) is 0 Å². The van der Waals surface area contributed by atoms with Crippen molar-refractivity contribution in [3.05, 3.63) is 36.4 Å². The van der Waals surface area contributed by atoms with Gasteiger partial charge in [0.25, 0.3) is 0 Å². The van der Waals surface area contributed by atoms with Crippen LogP contribution in [0.15, 0.2) is 41.4 Å². The van der Waals surface area contributed by atoms with E-state index in [0.717, 1.165) is 41.9 Å². The summed E-state index contributed by atoms with van der Waals surface area (Å²) >= 11 is 1.53. The molecular formula is C15H16N2OS. The first-order chi connectivity index (χ1) is 9.33. The van der Waals surface area contributed by atoms with Gasteiger partial charge in [-0.2, -0.15) is 0 Å². The Labute approximate surface area is 117 Å². The van der Waals surface area contributed by atoms with E-state index in [2.05, 4.69) is 11.1 Å². The van der Waals surface area contributed by atoms with Gasteiger partial charge in [-0.05, 0) is 25.0 Å². The summed E-state index contributed by atoms with van der Waals surface area (Å²) in [4.78, 5) is 18.5. The number of benzene rings is 1. The zero-order valence-electron chi connectivity index (χ0n) is 10.7. The van der Waals surface area contributed by atoms with Crippen LogP contribution in [-0.4, -0.2) is 34.6 Å². The van der Waals surface area contributed by atoms with E-state index in [1.54, 1.807) is 0 Å². The highest BCUT2D eigenvalue weighted by molar-refractivity contribution is 7.99. The van der Waals surface area contributed by atoms with Crippen LogP contribution in [0.5, 0.6) is 0 Å². The van der Waals surface area contributed by atoms with Crippen molar-refractivity contribution in [2.45, 2.75) is 17.9 Å². The summed E-state index contributed by atoms with van der Waals surface area (Å²) in [6.07, 6.45) is 2.29. The molecule has 0 radical (unpaired) electrons. The van der Waals surface area contributed by atoms with Crippen LogP contribution in [0, 0.1) is 0 Å². The van der Waals surface area contributed by atoms with Crippen LogP contribution >= 0.6 is 11.8 Å². The van der Waals surface area contributed by atoms with E-state index in [1.807, 2.05) is 35.2 Å². The molecule has 2 heterocycles. The summed E-state index contributed by atoms with van der Waals surface area (Å²) in [6, 6.07) is 12.1. The number of likely N-dealkylation sites (tertiary alicyclic amines) is 1. The van der Waals surface area contributed by atoms with Gasteiger partial charge in [0.15, 0.2) is 0 Å². The molecule has 0 bridgehead atoms. The fourth-order valence-corrected chi connectivity index (χ4v) is 3.10. The molecule has 1 aromatic carbocycles. The number of hydrogen-bond acceptors (Lipinski definition) is 3. The Kier molecular flexibility index (Phi) is 3.69. The number of hydrogen-bond donors (Lipinski definition) is 0. The number of fused-ring (bicyclic) bond motifs is 1. The summed E-state index contributed by atoms with van der Waals surface area (Å²) in [5, 5.41) is 2.06. The Morgan fingerprint density at radius 1 is 1.16 bits per heavy atom. The minimum atomic E-state index is 0.234. The van der Waals surface area contributed by atoms with E-state index >= 15 is 0 Å². The van der Waals surface area contributed by atoms with Gasteiger partial charge in [-0.1, -0.05) is 36.0 Å². The van der Waals surface area contributed by atoms with E-state index in [0.29, 0.717) is 5.75 Å². The minimum Gasteiger partial charge on any atom is -0.342 e. The maximum atomic E-state index is 12.0. The number of carbonyl (C=O) groups excluding carboxylic acids is 1. The molecule has 1 aromatic heterocycles. The van der Waals surface area contributed by atoms with Crippen LogP contribution < -0.4 is 0 Å². The molecule has 4 heteroatoms. The van der Waals surface area contributed by atoms with Crippen molar-refractivity contribution in [3.8, 4) is 0 Å². The van der Waals surface area contributed by atoms with Crippen molar-refractivity contribution in [2.75, 3.05) is 18.8 Å². The quantitative estimate of drug-likeness (QED) is 0.805. The summed E-state index contributed by atoms with van der Waals surface area (Å²) in [6.45, 7) is 1.84. The molecular weight excluding hydrogens is 256 g/mol. The Morgan fingerprint density at radius 2 is 1.95 bits per heavy atom.